The van der Waals surface area contributed by atoms with E-state index in [0.717, 1.165) is 0 Å². The van der Waals surface area contributed by atoms with Crippen molar-refractivity contribution in [2.45, 2.75) is 0 Å². The van der Waals surface area contributed by atoms with Gasteiger partial charge in [-0.1, -0.05) is 0 Å². The molecule has 50 heteroatoms. The second kappa shape index (κ2) is 39.2. The summed E-state index contributed by atoms with van der Waals surface area (Å²) in [5.74, 6) is -8.14. The van der Waals surface area contributed by atoms with Crippen molar-refractivity contribution in [2.24, 2.45) is 64.4 Å². The molecule has 0 amide bonds. The van der Waals surface area contributed by atoms with Crippen LogP contribution in [0.5, 0.6) is 0 Å². The summed E-state index contributed by atoms with van der Waals surface area (Å²) in [5, 5.41) is 0. The van der Waals surface area contributed by atoms with Crippen LogP contribution in [0, 0.1) is 41.4 Å². The largest absolute Gasteiger partial charge is 0.472 e. The van der Waals surface area contributed by atoms with Crippen LogP contribution in [0.3, 0.4) is 0 Å². The Balaban J connectivity index is 5.06. The van der Waals surface area contributed by atoms with Crippen molar-refractivity contribution >= 4 is 62.6 Å². The second-order valence-corrected chi connectivity index (χ2v) is 27.2. The van der Waals surface area contributed by atoms with Crippen LogP contribution < -0.4 is 39.6 Å². The van der Waals surface area contributed by atoms with Gasteiger partial charge in [0, 0.05) is 61.1 Å². The first-order valence-electron chi connectivity index (χ1n) is 21.9. The lowest BCUT2D eigenvalue weighted by Crippen LogP contribution is -2.27. The van der Waals surface area contributed by atoms with Crippen LogP contribution in [0.15, 0.2) is 0 Å². The van der Waals surface area contributed by atoms with Crippen molar-refractivity contribution in [3.8, 4) is 0 Å². The van der Waals surface area contributed by atoms with Crippen molar-refractivity contribution in [3.63, 3.8) is 0 Å². The summed E-state index contributed by atoms with van der Waals surface area (Å²) in [6.07, 6.45) is 0. The molecule has 0 saturated carbocycles. The summed E-state index contributed by atoms with van der Waals surface area (Å²) < 4.78 is 201. The van der Waals surface area contributed by atoms with E-state index in [1.807, 2.05) is 0 Å². The number of phosphoric acid groups is 8. The standard InChI is InChI=1S/C28H70F3N7O32P8/c29-36-5-26(16-65-73(45,46)59-10-22(1-32)8-57-71(39,40)41)18-67-75(49,50)61-12-24(3-34)14-63-77(53,54)69-20-28(7-38-31)21-70-78(55,56)64-15-25(4-35)13-62-76(51,52)68-19-27(6-37-30)17-66-74(47,48)60-11-23(2-33)9-58-72(42,43)44/h22-28,36-38H,1-21,32-35H2,(H,45,46)(H,47,48)(H,49,50)(H,51,52)(H,53,54)(H,55,56)(H2,39,40,41)(H2,42,43,44). The van der Waals surface area contributed by atoms with Crippen molar-refractivity contribution in [2.75, 3.05) is 138 Å². The number of nitrogens with two attached hydrogens (primary N) is 4. The molecular weight excluding hydrogens is 1250 g/mol. The van der Waals surface area contributed by atoms with Crippen molar-refractivity contribution < 1.29 is 162 Å². The minimum absolute atomic E-state index is 0.306. The predicted molar refractivity (Wildman–Crippen MR) is 254 cm³/mol. The van der Waals surface area contributed by atoms with E-state index in [9.17, 15) is 79.3 Å². The van der Waals surface area contributed by atoms with Crippen LogP contribution in [0.4, 0.5) is 13.4 Å². The third-order valence-electron chi connectivity index (χ3n) is 9.07. The molecule has 0 aliphatic carbocycles. The van der Waals surface area contributed by atoms with Gasteiger partial charge in [0.2, 0.25) is 0 Å². The quantitative estimate of drug-likeness (QED) is 0.0245. The first-order chi connectivity index (χ1) is 36.0. The van der Waals surface area contributed by atoms with Crippen molar-refractivity contribution in [1.82, 2.24) is 16.6 Å². The Bertz CT molecular complexity index is 1930. The van der Waals surface area contributed by atoms with Gasteiger partial charge >= 0.3 is 62.6 Å². The molecule has 0 rings (SSSR count). The van der Waals surface area contributed by atoms with Crippen molar-refractivity contribution in [1.29, 1.82) is 0 Å². The van der Waals surface area contributed by atoms with Crippen LogP contribution in [-0.2, 0) is 99.9 Å². The first-order valence-corrected chi connectivity index (χ1v) is 33.9. The maximum Gasteiger partial charge on any atom is 0.472 e. The zero-order chi connectivity index (χ0) is 59.9. The summed E-state index contributed by atoms with van der Waals surface area (Å²) >= 11 is 0. The minimum Gasteiger partial charge on any atom is -0.330 e. The molecule has 78 heavy (non-hydrogen) atoms. The highest BCUT2D eigenvalue weighted by molar-refractivity contribution is 7.49. The van der Waals surface area contributed by atoms with Gasteiger partial charge in [0.1, 0.15) is 0 Å². The fourth-order valence-corrected chi connectivity index (χ4v) is 10.6. The number of nitrogens with one attached hydrogen (secondary N) is 3. The fraction of sp³-hybridized carbons (Fsp3) is 1.00. The Labute approximate surface area is 443 Å². The summed E-state index contributed by atoms with van der Waals surface area (Å²) in [7, 11) is -39.9. The first kappa shape index (κ1) is 78.4. The molecule has 0 aromatic carbocycles. The molecule has 0 spiro atoms. The summed E-state index contributed by atoms with van der Waals surface area (Å²) in [6, 6.07) is 0. The summed E-state index contributed by atoms with van der Waals surface area (Å²) in [5.41, 5.74) is 25.6. The molecular formula is C28H70F3N7O32P8. The number of hydrogen-bond acceptors (Lipinski definition) is 29. The highest BCUT2D eigenvalue weighted by Gasteiger charge is 2.34. The fourth-order valence-electron chi connectivity index (χ4n) is 4.59. The number of rotatable bonds is 52. The molecule has 21 N–H and O–H groups in total. The van der Waals surface area contributed by atoms with Gasteiger partial charge in [0.15, 0.2) is 0 Å². The number of halogens is 3. The Kier molecular flexibility index (Phi) is 39.4. The lowest BCUT2D eigenvalue weighted by Gasteiger charge is -2.23. The van der Waals surface area contributed by atoms with Crippen LogP contribution in [0.25, 0.3) is 0 Å². The van der Waals surface area contributed by atoms with Gasteiger partial charge in [0.05, 0.1) is 92.5 Å². The summed E-state index contributed by atoms with van der Waals surface area (Å²) in [6.45, 7) is -14.7. The molecule has 0 aliphatic rings. The van der Waals surface area contributed by atoms with Crippen molar-refractivity contribution in [3.05, 3.63) is 0 Å². The van der Waals surface area contributed by atoms with Gasteiger partial charge in [0.25, 0.3) is 0 Å². The topological polar surface area (TPSA) is 608 Å². The summed E-state index contributed by atoms with van der Waals surface area (Å²) in [4.78, 5) is 95.7. The molecule has 470 valence electrons. The molecule has 0 aromatic heterocycles. The van der Waals surface area contributed by atoms with Crippen LogP contribution >= 0.6 is 62.6 Å². The zero-order valence-corrected chi connectivity index (χ0v) is 48.0. The van der Waals surface area contributed by atoms with Gasteiger partial charge in [-0.05, 0) is 26.2 Å². The second-order valence-electron chi connectivity index (χ2n) is 16.0. The maximum atomic E-state index is 13.1. The van der Waals surface area contributed by atoms with Gasteiger partial charge in [-0.15, -0.1) is 13.4 Å². The molecule has 0 heterocycles. The molecule has 0 aromatic rings. The molecule has 0 bridgehead atoms. The Hall–Kier alpha value is 0.390. The third-order valence-corrected chi connectivity index (χ3v) is 15.7. The van der Waals surface area contributed by atoms with E-state index in [4.69, 9.17) is 96.8 Å². The van der Waals surface area contributed by atoms with E-state index in [-0.39, 0.29) is 13.1 Å². The highest BCUT2D eigenvalue weighted by Crippen LogP contribution is 2.50. The monoisotopic (exact) mass is 1320 g/mol. The third kappa shape index (κ3) is 42.2. The smallest absolute Gasteiger partial charge is 0.330 e. The Morgan fingerprint density at radius 1 is 0.269 bits per heavy atom. The van der Waals surface area contributed by atoms with E-state index in [2.05, 4.69) is 9.05 Å². The molecule has 12 unspecified atom stereocenters. The minimum atomic E-state index is -5.09. The molecule has 0 saturated heterocycles. The Morgan fingerprint density at radius 3 is 0.513 bits per heavy atom. The molecule has 0 fully saturated rings. The maximum absolute atomic E-state index is 13.1. The average Bonchev–Trinajstić information content (AvgIpc) is 3.33. The number of hydrogen-bond donors (Lipinski definition) is 17. The van der Waals surface area contributed by atoms with Gasteiger partial charge in [-0.25, -0.2) is 36.5 Å². The zero-order valence-electron chi connectivity index (χ0n) is 40.9. The SMILES string of the molecule is NCC(COP(=O)(O)O)COP(=O)(O)OCC(CNF)COP(=O)(O)OCC(CN)COP(=O)(O)OCC(CNF)COP(=O)(O)OCC(CN)COP(=O)(O)OCC(CNF)COP(=O)(O)OCC(CN)COP(=O)(O)O. The molecule has 39 nitrogen and oxygen atoms in total. The molecule has 0 radical (unpaired) electrons. The van der Waals surface area contributed by atoms with E-state index in [1.54, 1.807) is 0 Å². The highest BCUT2D eigenvalue weighted by atomic mass is 31.2. The van der Waals surface area contributed by atoms with E-state index in [1.165, 1.54) is 16.6 Å². The van der Waals surface area contributed by atoms with Crippen LogP contribution in [-0.4, -0.2) is 187 Å². The van der Waals surface area contributed by atoms with E-state index in [0.29, 0.717) is 0 Å². The lowest BCUT2D eigenvalue weighted by atomic mass is 10.2. The lowest BCUT2D eigenvalue weighted by molar-refractivity contribution is 0.0629. The molecule has 0 aliphatic heterocycles. The van der Waals surface area contributed by atoms with Gasteiger partial charge in [-0.3, -0.25) is 63.3 Å². The normalized spacial score (nSPS) is 20.2. The van der Waals surface area contributed by atoms with E-state index < -0.39 is 229 Å². The molecule has 12 atom stereocenters. The number of phosphoric ester groups is 8. The van der Waals surface area contributed by atoms with Gasteiger partial charge in [-0.2, -0.15) is 16.6 Å². The van der Waals surface area contributed by atoms with E-state index >= 15 is 0 Å². The predicted octanol–water partition coefficient (Wildman–Crippen LogP) is -1.42. The van der Waals surface area contributed by atoms with Gasteiger partial charge < -0.3 is 71.9 Å². The van der Waals surface area contributed by atoms with Crippen LogP contribution in [0.2, 0.25) is 0 Å². The average molecular weight is 1320 g/mol. The van der Waals surface area contributed by atoms with Crippen LogP contribution in [0.1, 0.15) is 0 Å². The Morgan fingerprint density at radius 2 is 0.397 bits per heavy atom.